The molecule has 1 atom stereocenters. The van der Waals surface area contributed by atoms with Gasteiger partial charge in [0.2, 0.25) is 5.95 Å². The predicted molar refractivity (Wildman–Crippen MR) is 102 cm³/mol. The number of guanidine groups is 1. The van der Waals surface area contributed by atoms with E-state index in [2.05, 4.69) is 15.3 Å². The minimum Gasteiger partial charge on any atom is -0.491 e. The summed E-state index contributed by atoms with van der Waals surface area (Å²) in [6.07, 6.45) is -0.415. The van der Waals surface area contributed by atoms with Crippen LogP contribution in [0, 0.1) is 0 Å². The van der Waals surface area contributed by atoms with E-state index >= 15 is 0 Å². The number of nitrogens with zero attached hydrogens (tertiary/aromatic N) is 3. The number of nitrogens with one attached hydrogen (secondary N) is 1. The van der Waals surface area contributed by atoms with Crippen LogP contribution in [0.5, 0.6) is 11.5 Å². The summed E-state index contributed by atoms with van der Waals surface area (Å²) in [6.45, 7) is 2.40. The number of fused-ring (bicyclic) bond motifs is 3. The third-order valence-corrected chi connectivity index (χ3v) is 4.46. The van der Waals surface area contributed by atoms with Crippen molar-refractivity contribution >= 4 is 34.5 Å². The topological polar surface area (TPSA) is 86.7 Å². The standard InChI is InChI=1S/C18H18ClN5O2/c1-3-26-14-9-10(8-11(19)15(14)25-2)16-22-17(20)23-18-21-12-6-4-5-7-13(12)24(16)18/h4-9,16H,3H2,1-2H3,(H3,20,21,22,23)/t16-/m1/s1. The summed E-state index contributed by atoms with van der Waals surface area (Å²) in [5, 5.41) is 3.47. The highest BCUT2D eigenvalue weighted by molar-refractivity contribution is 6.32. The van der Waals surface area contributed by atoms with E-state index in [4.69, 9.17) is 26.8 Å². The maximum atomic E-state index is 6.42. The number of methoxy groups -OCH3 is 1. The van der Waals surface area contributed by atoms with Crippen LogP contribution in [0.25, 0.3) is 11.0 Å². The van der Waals surface area contributed by atoms with Gasteiger partial charge in [-0.3, -0.25) is 9.88 Å². The average molecular weight is 372 g/mol. The second-order valence-electron chi connectivity index (χ2n) is 5.77. The molecule has 0 aliphatic carbocycles. The molecule has 1 aromatic heterocycles. The Morgan fingerprint density at radius 1 is 1.31 bits per heavy atom. The van der Waals surface area contributed by atoms with E-state index in [0.29, 0.717) is 35.0 Å². The summed E-state index contributed by atoms with van der Waals surface area (Å²) in [5.74, 6) is 1.99. The van der Waals surface area contributed by atoms with Crippen LogP contribution in [0.4, 0.5) is 5.95 Å². The van der Waals surface area contributed by atoms with Crippen LogP contribution >= 0.6 is 11.6 Å². The van der Waals surface area contributed by atoms with Crippen molar-refractivity contribution < 1.29 is 9.47 Å². The third kappa shape index (κ3) is 2.61. The van der Waals surface area contributed by atoms with Gasteiger partial charge < -0.3 is 15.2 Å². The summed E-state index contributed by atoms with van der Waals surface area (Å²) < 4.78 is 13.0. The van der Waals surface area contributed by atoms with Gasteiger partial charge in [0, 0.05) is 5.56 Å². The van der Waals surface area contributed by atoms with Gasteiger partial charge in [0.25, 0.3) is 0 Å². The van der Waals surface area contributed by atoms with Gasteiger partial charge in [-0.25, -0.2) is 9.98 Å². The van der Waals surface area contributed by atoms with Crippen molar-refractivity contribution in [3.05, 3.63) is 47.0 Å². The van der Waals surface area contributed by atoms with E-state index < -0.39 is 6.17 Å². The van der Waals surface area contributed by atoms with Gasteiger partial charge in [0.1, 0.15) is 0 Å². The number of rotatable bonds is 4. The normalized spacial score (nSPS) is 16.0. The molecule has 0 saturated heterocycles. The number of para-hydroxylation sites is 2. The van der Waals surface area contributed by atoms with Crippen LogP contribution in [0.1, 0.15) is 18.7 Å². The first kappa shape index (κ1) is 16.5. The fourth-order valence-electron chi connectivity index (χ4n) is 3.14. The van der Waals surface area contributed by atoms with E-state index in [1.54, 1.807) is 7.11 Å². The molecule has 134 valence electrons. The molecule has 0 fully saturated rings. The van der Waals surface area contributed by atoms with Gasteiger partial charge in [0.15, 0.2) is 23.6 Å². The molecule has 1 aliphatic rings. The maximum absolute atomic E-state index is 6.42. The summed E-state index contributed by atoms with van der Waals surface area (Å²) in [6, 6.07) is 11.5. The van der Waals surface area contributed by atoms with Crippen molar-refractivity contribution in [1.29, 1.82) is 0 Å². The highest BCUT2D eigenvalue weighted by Crippen LogP contribution is 2.41. The molecule has 26 heavy (non-hydrogen) atoms. The van der Waals surface area contributed by atoms with E-state index in [9.17, 15) is 0 Å². The Morgan fingerprint density at radius 3 is 2.88 bits per heavy atom. The van der Waals surface area contributed by atoms with Crippen LogP contribution < -0.4 is 20.5 Å². The number of ether oxygens (including phenoxy) is 2. The largest absolute Gasteiger partial charge is 0.491 e. The maximum Gasteiger partial charge on any atom is 0.212 e. The predicted octanol–water partition coefficient (Wildman–Crippen LogP) is 3.38. The molecule has 3 N–H and O–H groups in total. The van der Waals surface area contributed by atoms with E-state index in [1.807, 2.05) is 47.9 Å². The van der Waals surface area contributed by atoms with Gasteiger partial charge in [-0.2, -0.15) is 0 Å². The van der Waals surface area contributed by atoms with Crippen LogP contribution in [-0.4, -0.2) is 29.2 Å². The van der Waals surface area contributed by atoms with Gasteiger partial charge in [0.05, 0.1) is 29.8 Å². The number of nitrogens with two attached hydrogens (primary N) is 1. The summed E-state index contributed by atoms with van der Waals surface area (Å²) in [7, 11) is 1.56. The van der Waals surface area contributed by atoms with Gasteiger partial charge in [-0.05, 0) is 31.2 Å². The van der Waals surface area contributed by atoms with E-state index in [0.717, 1.165) is 16.6 Å². The Balaban J connectivity index is 1.92. The van der Waals surface area contributed by atoms with Crippen LogP contribution in [0.2, 0.25) is 5.02 Å². The molecule has 4 rings (SSSR count). The van der Waals surface area contributed by atoms with E-state index in [1.165, 1.54) is 0 Å². The van der Waals surface area contributed by atoms with Crippen molar-refractivity contribution in [1.82, 2.24) is 9.55 Å². The number of aromatic nitrogens is 2. The first-order valence-electron chi connectivity index (χ1n) is 8.20. The van der Waals surface area contributed by atoms with Crippen LogP contribution in [-0.2, 0) is 0 Å². The van der Waals surface area contributed by atoms with Crippen LogP contribution in [0.3, 0.4) is 0 Å². The average Bonchev–Trinajstić information content (AvgIpc) is 2.99. The van der Waals surface area contributed by atoms with Crippen molar-refractivity contribution in [2.45, 2.75) is 13.1 Å². The molecular formula is C18H18ClN5O2. The Morgan fingerprint density at radius 2 is 2.12 bits per heavy atom. The quantitative estimate of drug-likeness (QED) is 0.734. The molecule has 0 bridgehead atoms. The Kier molecular flexibility index (Phi) is 4.08. The number of aliphatic imine (C=N–C) groups is 1. The monoisotopic (exact) mass is 371 g/mol. The molecule has 2 heterocycles. The third-order valence-electron chi connectivity index (χ3n) is 4.18. The Labute approximate surface area is 155 Å². The van der Waals surface area contributed by atoms with Crippen molar-refractivity contribution in [2.75, 3.05) is 19.0 Å². The molecule has 0 unspecified atom stereocenters. The van der Waals surface area contributed by atoms with Gasteiger partial charge >= 0.3 is 0 Å². The zero-order chi connectivity index (χ0) is 18.3. The fourth-order valence-corrected chi connectivity index (χ4v) is 3.43. The Bertz CT molecular complexity index is 1010. The summed E-state index contributed by atoms with van der Waals surface area (Å²) in [5.41, 5.74) is 8.62. The van der Waals surface area contributed by atoms with Crippen molar-refractivity contribution in [3.63, 3.8) is 0 Å². The smallest absolute Gasteiger partial charge is 0.212 e. The number of hydrogen-bond acceptors (Lipinski definition) is 6. The number of anilines is 1. The van der Waals surface area contributed by atoms with Crippen molar-refractivity contribution in [3.8, 4) is 11.5 Å². The number of benzene rings is 2. The number of halogens is 1. The minimum atomic E-state index is -0.415. The summed E-state index contributed by atoms with van der Waals surface area (Å²) in [4.78, 5) is 9.16. The van der Waals surface area contributed by atoms with Crippen molar-refractivity contribution in [2.24, 2.45) is 10.7 Å². The molecule has 8 heteroatoms. The second kappa shape index (κ2) is 6.42. The van der Waals surface area contributed by atoms with Gasteiger partial charge in [-0.15, -0.1) is 0 Å². The lowest BCUT2D eigenvalue weighted by Gasteiger charge is -2.25. The molecule has 1 aliphatic heterocycles. The Hall–Kier alpha value is -2.93. The molecule has 2 aromatic carbocycles. The highest BCUT2D eigenvalue weighted by atomic mass is 35.5. The molecule has 0 saturated carbocycles. The lowest BCUT2D eigenvalue weighted by Crippen LogP contribution is -2.31. The molecule has 7 nitrogen and oxygen atoms in total. The molecule has 0 radical (unpaired) electrons. The molecule has 0 amide bonds. The number of hydrogen-bond donors (Lipinski definition) is 2. The second-order valence-corrected chi connectivity index (χ2v) is 6.18. The van der Waals surface area contributed by atoms with Gasteiger partial charge in [-0.1, -0.05) is 23.7 Å². The summed E-state index contributed by atoms with van der Waals surface area (Å²) >= 11 is 6.42. The first-order valence-corrected chi connectivity index (χ1v) is 8.57. The lowest BCUT2D eigenvalue weighted by atomic mass is 10.1. The lowest BCUT2D eigenvalue weighted by molar-refractivity contribution is 0.310. The highest BCUT2D eigenvalue weighted by Gasteiger charge is 2.26. The first-order chi connectivity index (χ1) is 12.6. The zero-order valence-electron chi connectivity index (χ0n) is 14.4. The number of imidazole rings is 1. The van der Waals surface area contributed by atoms with E-state index in [-0.39, 0.29) is 0 Å². The molecular weight excluding hydrogens is 354 g/mol. The fraction of sp³-hybridized carbons (Fsp3) is 0.222. The molecule has 0 spiro atoms. The zero-order valence-corrected chi connectivity index (χ0v) is 15.1. The van der Waals surface area contributed by atoms with Crippen LogP contribution in [0.15, 0.2) is 41.4 Å². The SMILES string of the molecule is CCOc1cc([C@@H]2N=C(N)Nc3nc4ccccc4n32)cc(Cl)c1OC. The molecule has 3 aromatic rings. The minimum absolute atomic E-state index is 0.294.